The van der Waals surface area contributed by atoms with Crippen molar-refractivity contribution in [1.29, 1.82) is 0 Å². The first-order valence-electron chi connectivity index (χ1n) is 8.39. The number of rotatable bonds is 3. The van der Waals surface area contributed by atoms with E-state index >= 15 is 0 Å². The lowest BCUT2D eigenvalue weighted by Gasteiger charge is -2.36. The van der Waals surface area contributed by atoms with Gasteiger partial charge in [-0.05, 0) is 36.4 Å². The molecule has 0 bridgehead atoms. The Morgan fingerprint density at radius 2 is 1.50 bits per heavy atom. The van der Waals surface area contributed by atoms with Gasteiger partial charge in [-0.3, -0.25) is 4.79 Å². The molecular weight excluding hydrogens is 336 g/mol. The zero-order valence-corrected chi connectivity index (χ0v) is 14.1. The maximum Gasteiger partial charge on any atom is 0.335 e. The van der Waals surface area contributed by atoms with Gasteiger partial charge in [0.1, 0.15) is 0 Å². The zero-order chi connectivity index (χ0) is 18.1. The number of aromatic carboxylic acids is 1. The summed E-state index contributed by atoms with van der Waals surface area (Å²) in [7, 11) is 0. The molecular formula is C19H18N2O5. The summed E-state index contributed by atoms with van der Waals surface area (Å²) >= 11 is 0. The Kier molecular flexibility index (Phi) is 4.12. The fourth-order valence-corrected chi connectivity index (χ4v) is 3.19. The zero-order valence-electron chi connectivity index (χ0n) is 14.1. The lowest BCUT2D eigenvalue weighted by atomic mass is 10.1. The van der Waals surface area contributed by atoms with Crippen LogP contribution in [-0.2, 0) is 0 Å². The molecule has 1 saturated heterocycles. The summed E-state index contributed by atoms with van der Waals surface area (Å²) in [6, 6.07) is 11.9. The number of piperazine rings is 1. The topological polar surface area (TPSA) is 79.3 Å². The smallest absolute Gasteiger partial charge is 0.335 e. The normalized spacial score (nSPS) is 15.8. The van der Waals surface area contributed by atoms with Gasteiger partial charge in [-0.1, -0.05) is 0 Å². The molecule has 0 saturated carbocycles. The monoisotopic (exact) mass is 354 g/mol. The van der Waals surface area contributed by atoms with E-state index < -0.39 is 5.97 Å². The highest BCUT2D eigenvalue weighted by Gasteiger charge is 2.24. The average Bonchev–Trinajstić information content (AvgIpc) is 3.15. The first-order chi connectivity index (χ1) is 12.6. The molecule has 1 amide bonds. The second-order valence-electron chi connectivity index (χ2n) is 6.20. The van der Waals surface area contributed by atoms with Crippen LogP contribution in [0.25, 0.3) is 0 Å². The molecule has 134 valence electrons. The number of fused-ring (bicyclic) bond motifs is 1. The average molecular weight is 354 g/mol. The Bertz CT molecular complexity index is 842. The molecule has 2 aliphatic heterocycles. The van der Waals surface area contributed by atoms with E-state index in [1.54, 1.807) is 17.0 Å². The quantitative estimate of drug-likeness (QED) is 0.909. The molecule has 2 aromatic rings. The number of hydrogen-bond acceptors (Lipinski definition) is 5. The maximum absolute atomic E-state index is 12.6. The van der Waals surface area contributed by atoms with Crippen LogP contribution in [0.2, 0.25) is 0 Å². The van der Waals surface area contributed by atoms with Gasteiger partial charge in [0.25, 0.3) is 5.91 Å². The molecule has 4 rings (SSSR count). The number of ether oxygens (including phenoxy) is 2. The van der Waals surface area contributed by atoms with Crippen molar-refractivity contribution in [2.24, 2.45) is 0 Å². The van der Waals surface area contributed by atoms with Crippen LogP contribution in [0, 0.1) is 0 Å². The molecule has 2 aliphatic rings. The van der Waals surface area contributed by atoms with Crippen molar-refractivity contribution in [2.45, 2.75) is 0 Å². The number of amides is 1. The van der Waals surface area contributed by atoms with Crippen molar-refractivity contribution in [3.63, 3.8) is 0 Å². The van der Waals surface area contributed by atoms with Crippen LogP contribution in [0.15, 0.2) is 42.5 Å². The van der Waals surface area contributed by atoms with Crippen molar-refractivity contribution in [3.05, 3.63) is 53.6 Å². The third-order valence-electron chi connectivity index (χ3n) is 4.67. The van der Waals surface area contributed by atoms with Gasteiger partial charge in [-0.25, -0.2) is 4.79 Å². The lowest BCUT2D eigenvalue weighted by Crippen LogP contribution is -2.48. The van der Waals surface area contributed by atoms with Gasteiger partial charge in [0.2, 0.25) is 6.79 Å². The fraction of sp³-hybridized carbons (Fsp3) is 0.263. The highest BCUT2D eigenvalue weighted by atomic mass is 16.7. The molecule has 2 aromatic carbocycles. The lowest BCUT2D eigenvalue weighted by molar-refractivity contribution is 0.0693. The Morgan fingerprint density at radius 1 is 0.846 bits per heavy atom. The van der Waals surface area contributed by atoms with Crippen LogP contribution in [0.1, 0.15) is 20.7 Å². The van der Waals surface area contributed by atoms with Crippen molar-refractivity contribution >= 4 is 17.6 Å². The van der Waals surface area contributed by atoms with Crippen LogP contribution in [0.4, 0.5) is 5.69 Å². The highest BCUT2D eigenvalue weighted by molar-refractivity contribution is 5.96. The molecule has 26 heavy (non-hydrogen) atoms. The van der Waals surface area contributed by atoms with E-state index in [1.807, 2.05) is 18.2 Å². The number of carbonyl (C=O) groups excluding carboxylic acids is 1. The van der Waals surface area contributed by atoms with E-state index in [4.69, 9.17) is 14.6 Å². The Balaban J connectivity index is 1.40. The molecule has 7 heteroatoms. The van der Waals surface area contributed by atoms with Gasteiger partial charge < -0.3 is 24.4 Å². The molecule has 1 N–H and O–H groups in total. The summed E-state index contributed by atoms with van der Waals surface area (Å²) in [5.74, 6) is 0.431. The molecule has 0 radical (unpaired) electrons. The van der Waals surface area contributed by atoms with Crippen molar-refractivity contribution in [2.75, 3.05) is 37.9 Å². The predicted molar refractivity (Wildman–Crippen MR) is 94.1 cm³/mol. The Hall–Kier alpha value is -3.22. The van der Waals surface area contributed by atoms with Gasteiger partial charge in [-0.2, -0.15) is 0 Å². The predicted octanol–water partition coefficient (Wildman–Crippen LogP) is 2.08. The second kappa shape index (κ2) is 6.59. The van der Waals surface area contributed by atoms with Crippen molar-refractivity contribution in [1.82, 2.24) is 4.90 Å². The number of benzene rings is 2. The fourth-order valence-electron chi connectivity index (χ4n) is 3.19. The Labute approximate surface area is 150 Å². The van der Waals surface area contributed by atoms with E-state index in [0.717, 1.165) is 30.3 Å². The molecule has 0 atom stereocenters. The summed E-state index contributed by atoms with van der Waals surface area (Å²) < 4.78 is 10.7. The van der Waals surface area contributed by atoms with Gasteiger partial charge in [-0.15, -0.1) is 0 Å². The van der Waals surface area contributed by atoms with E-state index in [2.05, 4.69) is 4.90 Å². The molecule has 0 spiro atoms. The van der Waals surface area contributed by atoms with Gasteiger partial charge >= 0.3 is 5.97 Å². The summed E-state index contributed by atoms with van der Waals surface area (Å²) in [6.45, 7) is 2.90. The molecule has 7 nitrogen and oxygen atoms in total. The number of anilines is 1. The molecule has 0 aliphatic carbocycles. The number of carboxylic acid groups (broad SMARTS) is 1. The molecule has 2 heterocycles. The number of nitrogens with zero attached hydrogens (tertiary/aromatic N) is 2. The van der Waals surface area contributed by atoms with E-state index in [1.165, 1.54) is 12.1 Å². The van der Waals surface area contributed by atoms with Crippen molar-refractivity contribution < 1.29 is 24.2 Å². The van der Waals surface area contributed by atoms with E-state index in [-0.39, 0.29) is 18.3 Å². The maximum atomic E-state index is 12.6. The van der Waals surface area contributed by atoms with Crippen LogP contribution >= 0.6 is 0 Å². The summed E-state index contributed by atoms with van der Waals surface area (Å²) in [4.78, 5) is 27.5. The van der Waals surface area contributed by atoms with Crippen LogP contribution < -0.4 is 14.4 Å². The number of carbonyl (C=O) groups is 2. The minimum Gasteiger partial charge on any atom is -0.478 e. The SMILES string of the molecule is O=C(O)c1ccc(C(=O)N2CCN(c3ccc4c(c3)OCO4)CC2)cc1. The third-order valence-corrected chi connectivity index (χ3v) is 4.67. The van der Waals surface area contributed by atoms with E-state index in [0.29, 0.717) is 18.7 Å². The molecule has 1 fully saturated rings. The minimum absolute atomic E-state index is 0.0766. The number of hydrogen-bond donors (Lipinski definition) is 1. The standard InChI is InChI=1S/C19H18N2O5/c22-18(13-1-3-14(4-2-13)19(23)24)21-9-7-20(8-10-21)15-5-6-16-17(11-15)26-12-25-16/h1-6,11H,7-10,12H2,(H,23,24). The number of carboxylic acids is 1. The molecule has 0 aromatic heterocycles. The van der Waals surface area contributed by atoms with E-state index in [9.17, 15) is 9.59 Å². The van der Waals surface area contributed by atoms with Crippen LogP contribution in [-0.4, -0.2) is 54.9 Å². The highest BCUT2D eigenvalue weighted by Crippen LogP contribution is 2.35. The summed E-state index contributed by atoms with van der Waals surface area (Å²) in [5, 5.41) is 8.94. The van der Waals surface area contributed by atoms with Crippen molar-refractivity contribution in [3.8, 4) is 11.5 Å². The minimum atomic E-state index is -0.999. The first kappa shape index (κ1) is 16.3. The first-order valence-corrected chi connectivity index (χ1v) is 8.39. The van der Waals surface area contributed by atoms with Gasteiger partial charge in [0.05, 0.1) is 5.56 Å². The molecule has 0 unspecified atom stereocenters. The van der Waals surface area contributed by atoms with Gasteiger partial charge in [0.15, 0.2) is 11.5 Å². The van der Waals surface area contributed by atoms with Gasteiger partial charge in [0, 0.05) is 43.5 Å². The second-order valence-corrected chi connectivity index (χ2v) is 6.20. The van der Waals surface area contributed by atoms with Crippen LogP contribution in [0.5, 0.6) is 11.5 Å². The Morgan fingerprint density at radius 3 is 2.19 bits per heavy atom. The van der Waals surface area contributed by atoms with Crippen LogP contribution in [0.3, 0.4) is 0 Å². The summed E-state index contributed by atoms with van der Waals surface area (Å²) in [6.07, 6.45) is 0. The third kappa shape index (κ3) is 3.03. The summed E-state index contributed by atoms with van der Waals surface area (Å²) in [5.41, 5.74) is 1.73. The largest absolute Gasteiger partial charge is 0.478 e.